The molecule has 4 amide bonds. The summed E-state index contributed by atoms with van der Waals surface area (Å²) in [6, 6.07) is 1.74. The third kappa shape index (κ3) is 7.15. The van der Waals surface area contributed by atoms with E-state index in [9.17, 15) is 28.0 Å². The molecule has 2 aliphatic rings. The van der Waals surface area contributed by atoms with Crippen LogP contribution in [0.1, 0.15) is 77.2 Å². The molecule has 1 saturated carbocycles. The smallest absolute Gasteiger partial charge is 0.410 e. The Morgan fingerprint density at radius 2 is 1.66 bits per heavy atom. The number of ether oxygens (including phenoxy) is 1. The molecule has 3 atom stereocenters. The monoisotopic (exact) mass is 617 g/mol. The summed E-state index contributed by atoms with van der Waals surface area (Å²) in [6.07, 6.45) is 4.00. The number of hydrogen-bond acceptors (Lipinski definition) is 5. The SMILES string of the molecule is C[C@@H]1CN(C(=O)c2cc3cc(F)c(F)cc3n2C)CCN1C(=O)[C@@H](NC(=O)[C@H](C)N(C)C(=O)OC(C)(C)C)C1CCCCC1. The Balaban J connectivity index is 1.47. The van der Waals surface area contributed by atoms with Crippen LogP contribution < -0.4 is 5.32 Å². The minimum Gasteiger partial charge on any atom is -0.444 e. The maximum Gasteiger partial charge on any atom is 0.410 e. The van der Waals surface area contributed by atoms with Crippen molar-refractivity contribution in [2.75, 3.05) is 26.7 Å². The number of halogens is 2. The summed E-state index contributed by atoms with van der Waals surface area (Å²) >= 11 is 0. The first kappa shape index (κ1) is 33.2. The van der Waals surface area contributed by atoms with Gasteiger partial charge in [0, 0.05) is 51.2 Å². The molecule has 1 aliphatic carbocycles. The number of piperazine rings is 1. The maximum absolute atomic E-state index is 14.1. The number of hydrogen-bond donors (Lipinski definition) is 1. The first-order chi connectivity index (χ1) is 20.6. The van der Waals surface area contributed by atoms with E-state index in [0.717, 1.165) is 44.2 Å². The molecule has 0 spiro atoms. The van der Waals surface area contributed by atoms with Gasteiger partial charge < -0.3 is 24.4 Å². The highest BCUT2D eigenvalue weighted by Crippen LogP contribution is 2.29. The van der Waals surface area contributed by atoms with Crippen molar-refractivity contribution in [2.45, 2.75) is 90.4 Å². The van der Waals surface area contributed by atoms with Gasteiger partial charge in [-0.15, -0.1) is 0 Å². The lowest BCUT2D eigenvalue weighted by molar-refractivity contribution is -0.142. The summed E-state index contributed by atoms with van der Waals surface area (Å²) in [4.78, 5) is 58.1. The molecular formula is C32H45F2N5O5. The van der Waals surface area contributed by atoms with Gasteiger partial charge in [0.15, 0.2) is 11.6 Å². The number of aromatic nitrogens is 1. The summed E-state index contributed by atoms with van der Waals surface area (Å²) in [5.41, 5.74) is -0.00939. The molecule has 1 aliphatic heterocycles. The van der Waals surface area contributed by atoms with Crippen molar-refractivity contribution in [3.8, 4) is 0 Å². The zero-order valence-corrected chi connectivity index (χ0v) is 26.8. The van der Waals surface area contributed by atoms with Crippen LogP contribution in [0.25, 0.3) is 10.9 Å². The standard InChI is InChI=1S/C32H45F2N5O5/c1-19-18-38(29(41)26-16-22-15-23(33)24(34)17-25(22)37(26)7)13-14-39(19)30(42)27(21-11-9-8-10-12-21)35-28(40)20(2)36(6)31(43)44-32(3,4)5/h15-17,19-21,27H,8-14,18H2,1-7H3,(H,35,40)/t19-,20+,27+/m1/s1. The lowest BCUT2D eigenvalue weighted by atomic mass is 9.83. The predicted octanol–water partition coefficient (Wildman–Crippen LogP) is 4.45. The molecule has 2 fully saturated rings. The average molecular weight is 618 g/mol. The first-order valence-electron chi connectivity index (χ1n) is 15.4. The molecule has 4 rings (SSSR count). The average Bonchev–Trinajstić information content (AvgIpc) is 3.28. The number of fused-ring (bicyclic) bond motifs is 1. The first-order valence-corrected chi connectivity index (χ1v) is 15.4. The predicted molar refractivity (Wildman–Crippen MR) is 162 cm³/mol. The molecule has 0 bridgehead atoms. The van der Waals surface area contributed by atoms with Crippen LogP contribution >= 0.6 is 0 Å². The highest BCUT2D eigenvalue weighted by atomic mass is 19.2. The van der Waals surface area contributed by atoms with Crippen molar-refractivity contribution in [3.05, 3.63) is 35.5 Å². The number of amides is 4. The molecule has 0 radical (unpaired) electrons. The number of carbonyl (C=O) groups is 4. The lowest BCUT2D eigenvalue weighted by Crippen LogP contribution is -2.62. The normalized spacial score (nSPS) is 19.4. The Labute approximate surface area is 257 Å². The zero-order chi connectivity index (χ0) is 32.5. The highest BCUT2D eigenvalue weighted by molar-refractivity contribution is 5.99. The Hall–Kier alpha value is -3.70. The quantitative estimate of drug-likeness (QED) is 0.516. The lowest BCUT2D eigenvalue weighted by Gasteiger charge is -2.43. The number of nitrogens with zero attached hydrogens (tertiary/aromatic N) is 4. The molecule has 10 nitrogen and oxygen atoms in total. The van der Waals surface area contributed by atoms with E-state index in [-0.39, 0.29) is 43.4 Å². The largest absolute Gasteiger partial charge is 0.444 e. The number of aryl methyl sites for hydroxylation is 1. The highest BCUT2D eigenvalue weighted by Gasteiger charge is 2.40. The van der Waals surface area contributed by atoms with E-state index in [1.165, 1.54) is 11.9 Å². The van der Waals surface area contributed by atoms with Gasteiger partial charge in [-0.1, -0.05) is 19.3 Å². The van der Waals surface area contributed by atoms with Gasteiger partial charge in [-0.3, -0.25) is 19.3 Å². The molecule has 1 saturated heterocycles. The second-order valence-corrected chi connectivity index (χ2v) is 13.2. The van der Waals surface area contributed by atoms with E-state index in [1.807, 2.05) is 6.92 Å². The number of likely N-dealkylation sites (N-methyl/N-ethyl adjacent to an activating group) is 1. The van der Waals surface area contributed by atoms with Gasteiger partial charge >= 0.3 is 6.09 Å². The van der Waals surface area contributed by atoms with Crippen LogP contribution in [0.5, 0.6) is 0 Å². The Morgan fingerprint density at radius 3 is 2.27 bits per heavy atom. The van der Waals surface area contributed by atoms with E-state index in [0.29, 0.717) is 16.6 Å². The zero-order valence-electron chi connectivity index (χ0n) is 26.8. The molecule has 1 aromatic heterocycles. The van der Waals surface area contributed by atoms with Crippen LogP contribution in [0.2, 0.25) is 0 Å². The van der Waals surface area contributed by atoms with Gasteiger partial charge in [0.1, 0.15) is 23.4 Å². The van der Waals surface area contributed by atoms with Gasteiger partial charge in [-0.2, -0.15) is 0 Å². The number of carbonyl (C=O) groups excluding carboxylic acids is 4. The van der Waals surface area contributed by atoms with Crippen molar-refractivity contribution in [1.82, 2.24) is 24.6 Å². The molecule has 12 heteroatoms. The third-order valence-corrected chi connectivity index (χ3v) is 8.83. The Kier molecular flexibility index (Phi) is 9.90. The van der Waals surface area contributed by atoms with Crippen molar-refractivity contribution in [1.29, 1.82) is 0 Å². The molecule has 242 valence electrons. The van der Waals surface area contributed by atoms with Gasteiger partial charge in [0.05, 0.1) is 5.52 Å². The number of rotatable bonds is 6. The van der Waals surface area contributed by atoms with Crippen molar-refractivity contribution in [2.24, 2.45) is 13.0 Å². The summed E-state index contributed by atoms with van der Waals surface area (Å²) in [5, 5.41) is 3.39. The van der Waals surface area contributed by atoms with Crippen LogP contribution in [0.3, 0.4) is 0 Å². The molecular weight excluding hydrogens is 572 g/mol. The van der Waals surface area contributed by atoms with E-state index in [4.69, 9.17) is 4.74 Å². The molecule has 1 N–H and O–H groups in total. The van der Waals surface area contributed by atoms with Crippen molar-refractivity contribution >= 4 is 34.7 Å². The van der Waals surface area contributed by atoms with E-state index in [2.05, 4.69) is 5.32 Å². The van der Waals surface area contributed by atoms with Crippen LogP contribution in [0.4, 0.5) is 13.6 Å². The van der Waals surface area contributed by atoms with Crippen LogP contribution in [0.15, 0.2) is 18.2 Å². The second kappa shape index (κ2) is 13.1. The Morgan fingerprint density at radius 1 is 1.02 bits per heavy atom. The molecule has 1 aromatic carbocycles. The van der Waals surface area contributed by atoms with Crippen LogP contribution in [-0.2, 0) is 21.4 Å². The second-order valence-electron chi connectivity index (χ2n) is 13.2. The van der Waals surface area contributed by atoms with Gasteiger partial charge in [0.25, 0.3) is 5.91 Å². The van der Waals surface area contributed by atoms with Gasteiger partial charge in [0.2, 0.25) is 11.8 Å². The number of nitrogens with one attached hydrogen (secondary N) is 1. The minimum atomic E-state index is -0.982. The molecule has 0 unspecified atom stereocenters. The van der Waals surface area contributed by atoms with Gasteiger partial charge in [-0.05, 0) is 65.5 Å². The topological polar surface area (TPSA) is 104 Å². The molecule has 2 aromatic rings. The van der Waals surface area contributed by atoms with E-state index < -0.39 is 41.3 Å². The summed E-state index contributed by atoms with van der Waals surface area (Å²) in [5.74, 6) is -2.93. The van der Waals surface area contributed by atoms with Crippen LogP contribution in [0, 0.1) is 17.6 Å². The van der Waals surface area contributed by atoms with E-state index in [1.54, 1.807) is 55.2 Å². The minimum absolute atomic E-state index is 0.0392. The fraction of sp³-hybridized carbons (Fsp3) is 0.625. The maximum atomic E-state index is 14.1. The molecule has 44 heavy (non-hydrogen) atoms. The van der Waals surface area contributed by atoms with Crippen molar-refractivity contribution in [3.63, 3.8) is 0 Å². The molecule has 2 heterocycles. The van der Waals surface area contributed by atoms with Gasteiger partial charge in [-0.25, -0.2) is 13.6 Å². The van der Waals surface area contributed by atoms with Crippen LogP contribution in [-0.4, -0.2) is 93.5 Å². The summed E-state index contributed by atoms with van der Waals surface area (Å²) < 4.78 is 34.6. The Bertz CT molecular complexity index is 1410. The van der Waals surface area contributed by atoms with Crippen molar-refractivity contribution < 1.29 is 32.7 Å². The fourth-order valence-electron chi connectivity index (χ4n) is 6.14. The third-order valence-electron chi connectivity index (χ3n) is 8.83. The summed E-state index contributed by atoms with van der Waals surface area (Å²) in [6.45, 7) is 9.51. The fourth-order valence-corrected chi connectivity index (χ4v) is 6.14. The number of benzene rings is 1. The summed E-state index contributed by atoms with van der Waals surface area (Å²) in [7, 11) is 3.13. The van der Waals surface area contributed by atoms with E-state index >= 15 is 0 Å².